The number of rotatable bonds is 7. The molecule has 0 aliphatic heterocycles. The lowest BCUT2D eigenvalue weighted by Gasteiger charge is -2.19. The van der Waals surface area contributed by atoms with Gasteiger partial charge in [-0.2, -0.15) is 0 Å². The van der Waals surface area contributed by atoms with E-state index in [0.717, 1.165) is 5.57 Å². The van der Waals surface area contributed by atoms with Gasteiger partial charge in [0.15, 0.2) is 0 Å². The SMILES string of the molecule is C=C(C)CN(CCOC)CC(=O)O. The van der Waals surface area contributed by atoms with Crippen LogP contribution in [0.3, 0.4) is 0 Å². The van der Waals surface area contributed by atoms with Gasteiger partial charge in [-0.1, -0.05) is 12.2 Å². The quantitative estimate of drug-likeness (QED) is 0.593. The Labute approximate surface area is 78.8 Å². The first kappa shape index (κ1) is 12.1. The minimum Gasteiger partial charge on any atom is -0.480 e. The molecule has 0 aromatic rings. The van der Waals surface area contributed by atoms with Gasteiger partial charge in [-0.3, -0.25) is 9.69 Å². The molecule has 0 saturated carbocycles. The molecule has 0 atom stereocenters. The predicted octanol–water partition coefficient (Wildman–Crippen LogP) is 0.595. The maximum atomic E-state index is 10.4. The van der Waals surface area contributed by atoms with Gasteiger partial charge in [0, 0.05) is 20.2 Å². The smallest absolute Gasteiger partial charge is 0.317 e. The van der Waals surface area contributed by atoms with Gasteiger partial charge in [-0.05, 0) is 6.92 Å². The topological polar surface area (TPSA) is 49.8 Å². The lowest BCUT2D eigenvalue weighted by molar-refractivity contribution is -0.138. The van der Waals surface area contributed by atoms with Crippen molar-refractivity contribution in [1.29, 1.82) is 0 Å². The van der Waals surface area contributed by atoms with Crippen molar-refractivity contribution in [2.75, 3.05) is 33.4 Å². The number of carboxylic acid groups (broad SMARTS) is 1. The van der Waals surface area contributed by atoms with Gasteiger partial charge in [-0.15, -0.1) is 0 Å². The van der Waals surface area contributed by atoms with Crippen molar-refractivity contribution in [1.82, 2.24) is 4.90 Å². The largest absolute Gasteiger partial charge is 0.480 e. The van der Waals surface area contributed by atoms with Crippen LogP contribution in [0.15, 0.2) is 12.2 Å². The van der Waals surface area contributed by atoms with Crippen LogP contribution in [0.5, 0.6) is 0 Å². The number of hydrogen-bond acceptors (Lipinski definition) is 3. The van der Waals surface area contributed by atoms with Crippen LogP contribution >= 0.6 is 0 Å². The van der Waals surface area contributed by atoms with E-state index in [4.69, 9.17) is 9.84 Å². The molecule has 76 valence electrons. The van der Waals surface area contributed by atoms with E-state index in [1.807, 2.05) is 6.92 Å². The molecule has 13 heavy (non-hydrogen) atoms. The van der Waals surface area contributed by atoms with Crippen molar-refractivity contribution >= 4 is 5.97 Å². The molecule has 0 amide bonds. The average Bonchev–Trinajstić information content (AvgIpc) is 1.98. The van der Waals surface area contributed by atoms with Crippen LogP contribution in [0.1, 0.15) is 6.92 Å². The molecule has 0 aliphatic rings. The van der Waals surface area contributed by atoms with Crippen LogP contribution in [0.25, 0.3) is 0 Å². The van der Waals surface area contributed by atoms with E-state index in [1.165, 1.54) is 0 Å². The zero-order valence-corrected chi connectivity index (χ0v) is 8.25. The van der Waals surface area contributed by atoms with Crippen LogP contribution < -0.4 is 0 Å². The Morgan fingerprint density at radius 1 is 1.54 bits per heavy atom. The third-order valence-corrected chi connectivity index (χ3v) is 1.46. The number of aliphatic carboxylic acids is 1. The van der Waals surface area contributed by atoms with Crippen molar-refractivity contribution in [3.63, 3.8) is 0 Å². The highest BCUT2D eigenvalue weighted by molar-refractivity contribution is 5.69. The Balaban J connectivity index is 3.87. The van der Waals surface area contributed by atoms with E-state index >= 15 is 0 Å². The molecule has 1 N–H and O–H groups in total. The second-order valence-corrected chi connectivity index (χ2v) is 3.05. The Morgan fingerprint density at radius 2 is 2.15 bits per heavy atom. The summed E-state index contributed by atoms with van der Waals surface area (Å²) in [6.45, 7) is 7.42. The third kappa shape index (κ3) is 7.49. The lowest BCUT2D eigenvalue weighted by atomic mass is 10.3. The summed E-state index contributed by atoms with van der Waals surface area (Å²) < 4.78 is 4.87. The van der Waals surface area contributed by atoms with Gasteiger partial charge >= 0.3 is 5.97 Å². The highest BCUT2D eigenvalue weighted by Gasteiger charge is 2.08. The first-order valence-electron chi connectivity index (χ1n) is 4.13. The van der Waals surface area contributed by atoms with Crippen LogP contribution in [-0.4, -0.2) is 49.3 Å². The zero-order chi connectivity index (χ0) is 10.3. The zero-order valence-electron chi connectivity index (χ0n) is 8.25. The standard InChI is InChI=1S/C9H17NO3/c1-8(2)6-10(4-5-13-3)7-9(11)12/h1,4-7H2,2-3H3,(H,11,12). The second kappa shape index (κ2) is 6.62. The molecule has 0 heterocycles. The minimum absolute atomic E-state index is 0.0379. The molecule has 0 aromatic carbocycles. The summed E-state index contributed by atoms with van der Waals surface area (Å²) in [5.74, 6) is -0.822. The number of nitrogens with zero attached hydrogens (tertiary/aromatic N) is 1. The predicted molar refractivity (Wildman–Crippen MR) is 50.8 cm³/mol. The fourth-order valence-electron chi connectivity index (χ4n) is 1.01. The fourth-order valence-corrected chi connectivity index (χ4v) is 1.01. The second-order valence-electron chi connectivity index (χ2n) is 3.05. The van der Waals surface area contributed by atoms with E-state index < -0.39 is 5.97 Å². The highest BCUT2D eigenvalue weighted by Crippen LogP contribution is 1.95. The number of carboxylic acids is 1. The van der Waals surface area contributed by atoms with E-state index in [-0.39, 0.29) is 6.54 Å². The Bertz CT molecular complexity index is 164. The Morgan fingerprint density at radius 3 is 2.54 bits per heavy atom. The van der Waals surface area contributed by atoms with Crippen LogP contribution in [0, 0.1) is 0 Å². The summed E-state index contributed by atoms with van der Waals surface area (Å²) in [4.78, 5) is 12.2. The van der Waals surface area contributed by atoms with Gasteiger partial charge in [0.05, 0.1) is 13.2 Å². The van der Waals surface area contributed by atoms with Crippen molar-refractivity contribution in [2.45, 2.75) is 6.92 Å². The molecule has 4 heteroatoms. The molecule has 0 fully saturated rings. The van der Waals surface area contributed by atoms with Crippen molar-refractivity contribution in [2.24, 2.45) is 0 Å². The van der Waals surface area contributed by atoms with Gasteiger partial charge in [0.25, 0.3) is 0 Å². The molecule has 0 unspecified atom stereocenters. The normalized spacial score (nSPS) is 10.4. The molecule has 0 bridgehead atoms. The molecule has 0 aromatic heterocycles. The van der Waals surface area contributed by atoms with E-state index in [2.05, 4.69) is 6.58 Å². The highest BCUT2D eigenvalue weighted by atomic mass is 16.5. The van der Waals surface area contributed by atoms with E-state index in [0.29, 0.717) is 19.7 Å². The van der Waals surface area contributed by atoms with Gasteiger partial charge in [-0.25, -0.2) is 0 Å². The molecule has 0 spiro atoms. The third-order valence-electron chi connectivity index (χ3n) is 1.46. The Hall–Kier alpha value is -0.870. The minimum atomic E-state index is -0.822. The average molecular weight is 187 g/mol. The van der Waals surface area contributed by atoms with Crippen molar-refractivity contribution < 1.29 is 14.6 Å². The lowest BCUT2D eigenvalue weighted by Crippen LogP contribution is -2.33. The maximum Gasteiger partial charge on any atom is 0.317 e. The number of ether oxygens (including phenoxy) is 1. The van der Waals surface area contributed by atoms with E-state index in [9.17, 15) is 4.79 Å². The molecule has 0 radical (unpaired) electrons. The molecule has 0 rings (SSSR count). The monoisotopic (exact) mass is 187 g/mol. The molecule has 0 saturated heterocycles. The maximum absolute atomic E-state index is 10.4. The summed E-state index contributed by atoms with van der Waals surface area (Å²) in [5.41, 5.74) is 0.956. The summed E-state index contributed by atoms with van der Waals surface area (Å²) in [6.07, 6.45) is 0. The number of methoxy groups -OCH3 is 1. The Kier molecular flexibility index (Phi) is 6.18. The number of hydrogen-bond donors (Lipinski definition) is 1. The molecule has 0 aliphatic carbocycles. The van der Waals surface area contributed by atoms with Gasteiger partial charge in [0.2, 0.25) is 0 Å². The molecular formula is C9H17NO3. The summed E-state index contributed by atoms with van der Waals surface area (Å²) >= 11 is 0. The van der Waals surface area contributed by atoms with Gasteiger partial charge in [0.1, 0.15) is 0 Å². The first-order valence-corrected chi connectivity index (χ1v) is 4.13. The fraction of sp³-hybridized carbons (Fsp3) is 0.667. The summed E-state index contributed by atoms with van der Waals surface area (Å²) in [6, 6.07) is 0. The van der Waals surface area contributed by atoms with Gasteiger partial charge < -0.3 is 9.84 Å². The number of carbonyl (C=O) groups is 1. The van der Waals surface area contributed by atoms with Crippen molar-refractivity contribution in [3.05, 3.63) is 12.2 Å². The van der Waals surface area contributed by atoms with E-state index in [1.54, 1.807) is 12.0 Å². The van der Waals surface area contributed by atoms with Crippen LogP contribution in [-0.2, 0) is 9.53 Å². The van der Waals surface area contributed by atoms with Crippen molar-refractivity contribution in [3.8, 4) is 0 Å². The summed E-state index contributed by atoms with van der Waals surface area (Å²) in [5, 5.41) is 8.58. The van der Waals surface area contributed by atoms with Crippen LogP contribution in [0.4, 0.5) is 0 Å². The first-order chi connectivity index (χ1) is 6.06. The van der Waals surface area contributed by atoms with Crippen LogP contribution in [0.2, 0.25) is 0 Å². The summed E-state index contributed by atoms with van der Waals surface area (Å²) in [7, 11) is 1.60. The molecule has 4 nitrogen and oxygen atoms in total. The molecular weight excluding hydrogens is 170 g/mol.